The van der Waals surface area contributed by atoms with Gasteiger partial charge in [-0.15, -0.1) is 0 Å². The zero-order valence-electron chi connectivity index (χ0n) is 9.23. The number of para-hydroxylation sites is 1. The van der Waals surface area contributed by atoms with Crippen LogP contribution in [0, 0.1) is 5.92 Å². The lowest BCUT2D eigenvalue weighted by Crippen LogP contribution is -2.25. The maximum Gasteiger partial charge on any atom is 0.154 e. The monoisotopic (exact) mass is 214 g/mol. The number of fused-ring (bicyclic) bond motifs is 3. The Kier molecular flexibility index (Phi) is 1.99. The molecule has 0 saturated heterocycles. The summed E-state index contributed by atoms with van der Waals surface area (Å²) in [5.41, 5.74) is 1.95. The van der Waals surface area contributed by atoms with Gasteiger partial charge in [0, 0.05) is 18.5 Å². The lowest BCUT2D eigenvalue weighted by molar-refractivity contribution is 0.112. The Bertz CT molecular complexity index is 556. The number of carbonyl (C=O) groups excluding carboxylic acids is 1. The lowest BCUT2D eigenvalue weighted by atomic mass is 10.1. The minimum Gasteiger partial charge on any atom is -0.371 e. The maximum absolute atomic E-state index is 11.2. The number of aldehydes is 1. The minimum absolute atomic E-state index is 0.600. The number of hydrogen-bond acceptors (Lipinski definition) is 2. The standard InChI is InChI=1S/C13H14N2O/c1-9-6-14-13-11(8-16)10-4-2-3-5-12(10)15(13)7-9/h2-5,8-9,14H,6-7H2,1H3/t9-/m1/s1. The van der Waals surface area contributed by atoms with Gasteiger partial charge in [-0.3, -0.25) is 4.79 Å². The highest BCUT2D eigenvalue weighted by Gasteiger charge is 2.21. The van der Waals surface area contributed by atoms with Crippen molar-refractivity contribution in [2.45, 2.75) is 13.5 Å². The first-order valence-corrected chi connectivity index (χ1v) is 5.61. The number of anilines is 1. The van der Waals surface area contributed by atoms with Crippen LogP contribution in [0.5, 0.6) is 0 Å². The predicted molar refractivity (Wildman–Crippen MR) is 65.0 cm³/mol. The number of nitrogens with zero attached hydrogens (tertiary/aromatic N) is 1. The Hall–Kier alpha value is -1.77. The molecule has 0 saturated carbocycles. The van der Waals surface area contributed by atoms with Crippen molar-refractivity contribution in [2.75, 3.05) is 11.9 Å². The number of benzene rings is 1. The molecule has 3 heteroatoms. The van der Waals surface area contributed by atoms with E-state index in [1.807, 2.05) is 18.2 Å². The van der Waals surface area contributed by atoms with Crippen LogP contribution in [0.2, 0.25) is 0 Å². The second-order valence-corrected chi connectivity index (χ2v) is 4.49. The summed E-state index contributed by atoms with van der Waals surface area (Å²) in [5, 5.41) is 4.40. The lowest BCUT2D eigenvalue weighted by Gasteiger charge is -2.24. The first-order chi connectivity index (χ1) is 7.81. The van der Waals surface area contributed by atoms with Crippen molar-refractivity contribution in [3.05, 3.63) is 29.8 Å². The van der Waals surface area contributed by atoms with Crippen molar-refractivity contribution in [1.82, 2.24) is 4.57 Å². The summed E-state index contributed by atoms with van der Waals surface area (Å²) in [6, 6.07) is 8.08. The molecular weight excluding hydrogens is 200 g/mol. The summed E-state index contributed by atoms with van der Waals surface area (Å²) < 4.78 is 2.22. The van der Waals surface area contributed by atoms with Gasteiger partial charge in [-0.1, -0.05) is 25.1 Å². The molecule has 1 aromatic carbocycles. The first kappa shape index (κ1) is 9.46. The van der Waals surface area contributed by atoms with Crippen molar-refractivity contribution in [2.24, 2.45) is 5.92 Å². The van der Waals surface area contributed by atoms with Crippen molar-refractivity contribution < 1.29 is 4.79 Å². The molecule has 1 N–H and O–H groups in total. The number of aromatic nitrogens is 1. The van der Waals surface area contributed by atoms with E-state index >= 15 is 0 Å². The van der Waals surface area contributed by atoms with Crippen LogP contribution < -0.4 is 5.32 Å². The van der Waals surface area contributed by atoms with Gasteiger partial charge in [0.05, 0.1) is 11.1 Å². The summed E-state index contributed by atoms with van der Waals surface area (Å²) in [7, 11) is 0. The molecule has 0 spiro atoms. The predicted octanol–water partition coefficient (Wildman–Crippen LogP) is 2.52. The van der Waals surface area contributed by atoms with Gasteiger partial charge >= 0.3 is 0 Å². The van der Waals surface area contributed by atoms with Gasteiger partial charge < -0.3 is 9.88 Å². The molecule has 0 aliphatic carbocycles. The highest BCUT2D eigenvalue weighted by atomic mass is 16.1. The zero-order valence-corrected chi connectivity index (χ0v) is 9.23. The quantitative estimate of drug-likeness (QED) is 0.740. The molecule has 0 bridgehead atoms. The summed E-state index contributed by atoms with van der Waals surface area (Å²) in [6.45, 7) is 4.14. The minimum atomic E-state index is 0.600. The third-order valence-electron chi connectivity index (χ3n) is 3.24. The van der Waals surface area contributed by atoms with Gasteiger partial charge in [-0.2, -0.15) is 0 Å². The van der Waals surface area contributed by atoms with E-state index in [4.69, 9.17) is 0 Å². The molecule has 1 atom stereocenters. The van der Waals surface area contributed by atoms with Crippen LogP contribution in [-0.2, 0) is 6.54 Å². The molecule has 2 aromatic rings. The van der Waals surface area contributed by atoms with Gasteiger partial charge in [-0.25, -0.2) is 0 Å². The Labute approximate surface area is 94.1 Å². The van der Waals surface area contributed by atoms with Gasteiger partial charge in [-0.05, 0) is 12.0 Å². The largest absolute Gasteiger partial charge is 0.371 e. The number of hydrogen-bond donors (Lipinski definition) is 1. The van der Waals surface area contributed by atoms with E-state index in [0.717, 1.165) is 41.7 Å². The van der Waals surface area contributed by atoms with Crippen LogP contribution in [0.4, 0.5) is 5.82 Å². The summed E-state index contributed by atoms with van der Waals surface area (Å²) in [5.74, 6) is 1.58. The van der Waals surface area contributed by atoms with E-state index in [2.05, 4.69) is 22.9 Å². The fourth-order valence-electron chi connectivity index (χ4n) is 2.48. The van der Waals surface area contributed by atoms with Gasteiger partial charge in [0.1, 0.15) is 5.82 Å². The molecule has 82 valence electrons. The summed E-state index contributed by atoms with van der Waals surface area (Å²) >= 11 is 0. The molecule has 3 rings (SSSR count). The van der Waals surface area contributed by atoms with Crippen LogP contribution >= 0.6 is 0 Å². The first-order valence-electron chi connectivity index (χ1n) is 5.61. The number of rotatable bonds is 1. The molecule has 0 unspecified atom stereocenters. The van der Waals surface area contributed by atoms with Crippen molar-refractivity contribution in [3.8, 4) is 0 Å². The van der Waals surface area contributed by atoms with Gasteiger partial charge in [0.2, 0.25) is 0 Å². The second kappa shape index (κ2) is 3.37. The van der Waals surface area contributed by atoms with Crippen molar-refractivity contribution in [1.29, 1.82) is 0 Å². The van der Waals surface area contributed by atoms with E-state index in [-0.39, 0.29) is 0 Å². The van der Waals surface area contributed by atoms with E-state index in [0.29, 0.717) is 5.92 Å². The summed E-state index contributed by atoms with van der Waals surface area (Å²) in [4.78, 5) is 11.2. The Morgan fingerprint density at radius 3 is 3.06 bits per heavy atom. The van der Waals surface area contributed by atoms with Crippen molar-refractivity contribution >= 4 is 23.0 Å². The molecule has 0 amide bonds. The normalized spacial score (nSPS) is 19.2. The van der Waals surface area contributed by atoms with Gasteiger partial charge in [0.15, 0.2) is 6.29 Å². The van der Waals surface area contributed by atoms with E-state index in [9.17, 15) is 4.79 Å². The molecule has 3 nitrogen and oxygen atoms in total. The van der Waals surface area contributed by atoms with Crippen molar-refractivity contribution in [3.63, 3.8) is 0 Å². The Balaban J connectivity index is 2.35. The SMILES string of the molecule is C[C@@H]1CNc2c(C=O)c3ccccc3n2C1. The van der Waals surface area contributed by atoms with Crippen LogP contribution in [0.25, 0.3) is 10.9 Å². The number of nitrogens with one attached hydrogen (secondary N) is 1. The third kappa shape index (κ3) is 1.18. The molecule has 0 radical (unpaired) electrons. The molecular formula is C13H14N2O. The van der Waals surface area contributed by atoms with Crippen LogP contribution in [-0.4, -0.2) is 17.4 Å². The molecule has 1 aliphatic rings. The summed E-state index contributed by atoms with van der Waals surface area (Å²) in [6.07, 6.45) is 0.956. The number of carbonyl (C=O) groups is 1. The van der Waals surface area contributed by atoms with E-state index in [1.165, 1.54) is 0 Å². The highest BCUT2D eigenvalue weighted by molar-refractivity contribution is 6.03. The van der Waals surface area contributed by atoms with Crippen LogP contribution in [0.3, 0.4) is 0 Å². The fraction of sp³-hybridized carbons (Fsp3) is 0.308. The van der Waals surface area contributed by atoms with E-state index in [1.54, 1.807) is 0 Å². The topological polar surface area (TPSA) is 34.0 Å². The maximum atomic E-state index is 11.2. The molecule has 0 fully saturated rings. The molecule has 2 heterocycles. The highest BCUT2D eigenvalue weighted by Crippen LogP contribution is 2.32. The molecule has 1 aliphatic heterocycles. The van der Waals surface area contributed by atoms with E-state index < -0.39 is 0 Å². The third-order valence-corrected chi connectivity index (χ3v) is 3.24. The second-order valence-electron chi connectivity index (χ2n) is 4.49. The zero-order chi connectivity index (χ0) is 11.1. The van der Waals surface area contributed by atoms with Gasteiger partial charge in [0.25, 0.3) is 0 Å². The molecule has 16 heavy (non-hydrogen) atoms. The Morgan fingerprint density at radius 1 is 1.44 bits per heavy atom. The smallest absolute Gasteiger partial charge is 0.154 e. The van der Waals surface area contributed by atoms with Crippen LogP contribution in [0.15, 0.2) is 24.3 Å². The average molecular weight is 214 g/mol. The van der Waals surface area contributed by atoms with Crippen LogP contribution in [0.1, 0.15) is 17.3 Å². The molecule has 1 aromatic heterocycles. The Morgan fingerprint density at radius 2 is 2.25 bits per heavy atom. The fourth-order valence-corrected chi connectivity index (χ4v) is 2.48. The average Bonchev–Trinajstić information content (AvgIpc) is 2.62.